The van der Waals surface area contributed by atoms with E-state index in [0.717, 1.165) is 22.1 Å². The quantitative estimate of drug-likeness (QED) is 0.389. The standard InChI is InChI=1S/C26H20N4O3/c1-2-18-11-20(23(32)12-22(18)31)25-26(21-15-33-24-6-4-3-5-19(21)24)30(29-28-25)14-17-9-7-16(13-27)8-10-17/h3-12,15,31-32H,2,14H2,1H3. The zero-order chi connectivity index (χ0) is 22.9. The Morgan fingerprint density at radius 1 is 1.00 bits per heavy atom. The average molecular weight is 436 g/mol. The van der Waals surface area contributed by atoms with Gasteiger partial charge in [0.25, 0.3) is 0 Å². The fraction of sp³-hybridized carbons (Fsp3) is 0.115. The molecule has 0 unspecified atom stereocenters. The summed E-state index contributed by atoms with van der Waals surface area (Å²) in [7, 11) is 0. The zero-order valence-corrected chi connectivity index (χ0v) is 17.9. The third-order valence-corrected chi connectivity index (χ3v) is 5.72. The maximum atomic E-state index is 10.7. The van der Waals surface area contributed by atoms with Crippen molar-refractivity contribution in [2.45, 2.75) is 19.9 Å². The van der Waals surface area contributed by atoms with Crippen LogP contribution in [0.25, 0.3) is 33.5 Å². The Morgan fingerprint density at radius 3 is 2.55 bits per heavy atom. The van der Waals surface area contributed by atoms with Gasteiger partial charge in [-0.15, -0.1) is 5.10 Å². The molecular weight excluding hydrogens is 416 g/mol. The van der Waals surface area contributed by atoms with Gasteiger partial charge in [0.2, 0.25) is 0 Å². The Morgan fingerprint density at radius 2 is 1.79 bits per heavy atom. The fourth-order valence-electron chi connectivity index (χ4n) is 3.99. The predicted molar refractivity (Wildman–Crippen MR) is 124 cm³/mol. The van der Waals surface area contributed by atoms with Crippen molar-refractivity contribution in [3.05, 3.63) is 83.6 Å². The maximum absolute atomic E-state index is 10.7. The average Bonchev–Trinajstić information content (AvgIpc) is 3.43. The van der Waals surface area contributed by atoms with Crippen LogP contribution in [0.2, 0.25) is 0 Å². The van der Waals surface area contributed by atoms with Gasteiger partial charge in [-0.05, 0) is 41.8 Å². The molecular formula is C26H20N4O3. The summed E-state index contributed by atoms with van der Waals surface area (Å²) in [5, 5.41) is 39.6. The molecule has 162 valence electrons. The Kier molecular flexibility index (Phi) is 5.04. The molecule has 0 aliphatic rings. The third-order valence-electron chi connectivity index (χ3n) is 5.72. The molecule has 7 nitrogen and oxygen atoms in total. The lowest BCUT2D eigenvalue weighted by atomic mass is 9.99. The number of furan rings is 1. The third kappa shape index (κ3) is 3.58. The van der Waals surface area contributed by atoms with Gasteiger partial charge in [-0.1, -0.05) is 42.5 Å². The first-order valence-electron chi connectivity index (χ1n) is 10.5. The van der Waals surface area contributed by atoms with Gasteiger partial charge in [0.1, 0.15) is 34.7 Å². The summed E-state index contributed by atoms with van der Waals surface area (Å²) in [6.45, 7) is 2.34. The van der Waals surface area contributed by atoms with Gasteiger partial charge in [-0.25, -0.2) is 4.68 Å². The summed E-state index contributed by atoms with van der Waals surface area (Å²) < 4.78 is 7.54. The highest BCUT2D eigenvalue weighted by Crippen LogP contribution is 2.41. The first-order chi connectivity index (χ1) is 16.1. The van der Waals surface area contributed by atoms with Crippen molar-refractivity contribution in [2.75, 3.05) is 0 Å². The van der Waals surface area contributed by atoms with Crippen molar-refractivity contribution in [3.63, 3.8) is 0 Å². The van der Waals surface area contributed by atoms with E-state index in [1.54, 1.807) is 29.1 Å². The molecule has 0 saturated carbocycles. The van der Waals surface area contributed by atoms with Crippen LogP contribution in [0.3, 0.4) is 0 Å². The van der Waals surface area contributed by atoms with Crippen LogP contribution >= 0.6 is 0 Å². The molecule has 2 N–H and O–H groups in total. The van der Waals surface area contributed by atoms with Gasteiger partial charge in [0.15, 0.2) is 0 Å². The van der Waals surface area contributed by atoms with E-state index >= 15 is 0 Å². The second kappa shape index (κ2) is 8.17. The molecule has 0 aliphatic carbocycles. The minimum absolute atomic E-state index is 0.0408. The summed E-state index contributed by atoms with van der Waals surface area (Å²) >= 11 is 0. The van der Waals surface area contributed by atoms with Crippen LogP contribution in [-0.4, -0.2) is 25.2 Å². The molecule has 3 aromatic carbocycles. The molecule has 0 fully saturated rings. The van der Waals surface area contributed by atoms with Crippen LogP contribution in [-0.2, 0) is 13.0 Å². The number of rotatable bonds is 5. The molecule has 0 radical (unpaired) electrons. The Hall–Kier alpha value is -4.57. The Labute approximate surface area is 189 Å². The SMILES string of the molecule is CCc1cc(-c2nnn(Cc3ccc(C#N)cc3)c2-c2coc3ccccc23)c(O)cc1O. The van der Waals surface area contributed by atoms with E-state index in [1.807, 2.05) is 43.3 Å². The monoisotopic (exact) mass is 436 g/mol. The summed E-state index contributed by atoms with van der Waals surface area (Å²) in [4.78, 5) is 0. The molecule has 5 rings (SSSR count). The molecule has 0 atom stereocenters. The summed E-state index contributed by atoms with van der Waals surface area (Å²) in [6, 6.07) is 20.2. The summed E-state index contributed by atoms with van der Waals surface area (Å²) in [5.41, 5.74) is 5.42. The molecule has 2 heterocycles. The van der Waals surface area contributed by atoms with E-state index < -0.39 is 0 Å². The van der Waals surface area contributed by atoms with E-state index in [9.17, 15) is 10.2 Å². The van der Waals surface area contributed by atoms with Crippen LogP contribution in [0.15, 0.2) is 71.3 Å². The van der Waals surface area contributed by atoms with E-state index in [4.69, 9.17) is 9.68 Å². The smallest absolute Gasteiger partial charge is 0.134 e. The van der Waals surface area contributed by atoms with Crippen LogP contribution < -0.4 is 0 Å². The number of benzene rings is 3. The first kappa shape index (κ1) is 20.3. The highest BCUT2D eigenvalue weighted by atomic mass is 16.3. The van der Waals surface area contributed by atoms with Crippen molar-refractivity contribution in [3.8, 4) is 40.1 Å². The van der Waals surface area contributed by atoms with Gasteiger partial charge in [0, 0.05) is 22.6 Å². The van der Waals surface area contributed by atoms with Crippen LogP contribution in [0.1, 0.15) is 23.6 Å². The Bertz CT molecular complexity index is 1510. The lowest BCUT2D eigenvalue weighted by Gasteiger charge is -2.11. The molecule has 7 heteroatoms. The Balaban J connectivity index is 1.71. The van der Waals surface area contributed by atoms with Crippen molar-refractivity contribution in [1.82, 2.24) is 15.0 Å². The van der Waals surface area contributed by atoms with Gasteiger partial charge in [-0.3, -0.25) is 0 Å². The summed E-state index contributed by atoms with van der Waals surface area (Å²) in [6.07, 6.45) is 2.27. The minimum atomic E-state index is -0.0795. The molecule has 5 aromatic rings. The predicted octanol–water partition coefficient (Wildman–Crippen LogP) is 5.25. The van der Waals surface area contributed by atoms with E-state index in [2.05, 4.69) is 16.4 Å². The number of nitrogens with zero attached hydrogens (tertiary/aromatic N) is 4. The van der Waals surface area contributed by atoms with Gasteiger partial charge in [-0.2, -0.15) is 5.26 Å². The van der Waals surface area contributed by atoms with Crippen LogP contribution in [0.5, 0.6) is 11.5 Å². The van der Waals surface area contributed by atoms with Gasteiger partial charge in [0.05, 0.1) is 18.2 Å². The van der Waals surface area contributed by atoms with E-state index in [1.165, 1.54) is 6.07 Å². The first-order valence-corrected chi connectivity index (χ1v) is 10.5. The second-order valence-electron chi connectivity index (χ2n) is 7.75. The minimum Gasteiger partial charge on any atom is -0.508 e. The van der Waals surface area contributed by atoms with Crippen molar-refractivity contribution in [2.24, 2.45) is 0 Å². The molecule has 0 amide bonds. The zero-order valence-electron chi connectivity index (χ0n) is 17.9. The van der Waals surface area contributed by atoms with E-state index in [-0.39, 0.29) is 11.5 Å². The number of para-hydroxylation sites is 1. The number of phenolic OH excluding ortho intramolecular Hbond substituents is 2. The fourth-order valence-corrected chi connectivity index (χ4v) is 3.99. The number of fused-ring (bicyclic) bond motifs is 1. The number of nitriles is 1. The molecule has 0 aliphatic heterocycles. The number of aryl methyl sites for hydroxylation is 1. The maximum Gasteiger partial charge on any atom is 0.134 e. The number of aromatic hydroxyl groups is 2. The largest absolute Gasteiger partial charge is 0.508 e. The number of phenols is 2. The highest BCUT2D eigenvalue weighted by molar-refractivity contribution is 5.97. The molecule has 2 aromatic heterocycles. The van der Waals surface area contributed by atoms with Crippen LogP contribution in [0, 0.1) is 11.3 Å². The molecule has 33 heavy (non-hydrogen) atoms. The van der Waals surface area contributed by atoms with E-state index in [0.29, 0.717) is 41.0 Å². The highest BCUT2D eigenvalue weighted by Gasteiger charge is 2.23. The topological polar surface area (TPSA) is 108 Å². The molecule has 0 bridgehead atoms. The number of aromatic nitrogens is 3. The lowest BCUT2D eigenvalue weighted by Crippen LogP contribution is -2.04. The van der Waals surface area contributed by atoms with Crippen molar-refractivity contribution in [1.29, 1.82) is 5.26 Å². The number of hydrogen-bond acceptors (Lipinski definition) is 6. The summed E-state index contributed by atoms with van der Waals surface area (Å²) in [5.74, 6) is -0.0387. The van der Waals surface area contributed by atoms with Gasteiger partial charge >= 0.3 is 0 Å². The number of hydrogen-bond donors (Lipinski definition) is 2. The van der Waals surface area contributed by atoms with Crippen molar-refractivity contribution >= 4 is 11.0 Å². The van der Waals surface area contributed by atoms with Gasteiger partial charge < -0.3 is 14.6 Å². The lowest BCUT2D eigenvalue weighted by molar-refractivity contribution is 0.447. The second-order valence-corrected chi connectivity index (χ2v) is 7.75. The molecule has 0 saturated heterocycles. The van der Waals surface area contributed by atoms with Crippen LogP contribution in [0.4, 0.5) is 0 Å². The normalized spacial score (nSPS) is 11.0. The molecule has 0 spiro atoms. The van der Waals surface area contributed by atoms with Crippen molar-refractivity contribution < 1.29 is 14.6 Å².